The lowest BCUT2D eigenvalue weighted by Gasteiger charge is -2.15. The van der Waals surface area contributed by atoms with Crippen LogP contribution in [0.25, 0.3) is 17.1 Å². The molecular weight excluding hydrogens is 471 g/mol. The molecule has 0 unspecified atom stereocenters. The number of aromatic nitrogens is 3. The van der Waals surface area contributed by atoms with Crippen LogP contribution in [0.1, 0.15) is 11.5 Å². The van der Waals surface area contributed by atoms with Crippen molar-refractivity contribution in [3.05, 3.63) is 84.1 Å². The van der Waals surface area contributed by atoms with Gasteiger partial charge in [-0.05, 0) is 43.3 Å². The maximum atomic E-state index is 14.5. The number of hydrogen-bond donors (Lipinski definition) is 0. The number of amides is 1. The van der Waals surface area contributed by atoms with Crippen LogP contribution >= 0.6 is 11.8 Å². The number of thioether (sulfide) groups is 1. The molecule has 10 heteroatoms. The van der Waals surface area contributed by atoms with Crippen molar-refractivity contribution >= 4 is 23.6 Å². The van der Waals surface area contributed by atoms with Crippen LogP contribution < -0.4 is 0 Å². The van der Waals surface area contributed by atoms with Gasteiger partial charge in [0, 0.05) is 12.7 Å². The Kier molecular flexibility index (Phi) is 7.61. The summed E-state index contributed by atoms with van der Waals surface area (Å²) in [5.41, 5.74) is 1.01. The Morgan fingerprint density at radius 1 is 1.06 bits per heavy atom. The highest BCUT2D eigenvalue weighted by Crippen LogP contribution is 2.29. The van der Waals surface area contributed by atoms with E-state index in [0.29, 0.717) is 22.3 Å². The summed E-state index contributed by atoms with van der Waals surface area (Å²) in [7, 11) is 1.61. The van der Waals surface area contributed by atoms with Gasteiger partial charge in [-0.2, -0.15) is 0 Å². The molecule has 0 radical (unpaired) electrons. The summed E-state index contributed by atoms with van der Waals surface area (Å²) >= 11 is 1.09. The standard InChI is InChI=1S/C25H23FN4O4S/c1-17-12-13-19(34-17)14-29(2)22(31)15-33-23(32)16-35-25-28-27-24(20-10-6-7-11-21(20)26)30(25)18-8-4-3-5-9-18/h3-13H,14-16H2,1-2H3. The van der Waals surface area contributed by atoms with E-state index in [-0.39, 0.29) is 24.8 Å². The van der Waals surface area contributed by atoms with Crippen molar-refractivity contribution in [1.29, 1.82) is 0 Å². The van der Waals surface area contributed by atoms with Crippen molar-refractivity contribution in [2.24, 2.45) is 0 Å². The van der Waals surface area contributed by atoms with Gasteiger partial charge in [-0.3, -0.25) is 14.2 Å². The summed E-state index contributed by atoms with van der Waals surface area (Å²) in [6.07, 6.45) is 0. The molecule has 0 aliphatic carbocycles. The second-order valence-corrected chi connectivity index (χ2v) is 8.61. The predicted molar refractivity (Wildman–Crippen MR) is 128 cm³/mol. The normalized spacial score (nSPS) is 10.8. The number of aryl methyl sites for hydroxylation is 1. The van der Waals surface area contributed by atoms with Crippen LogP contribution in [-0.4, -0.2) is 50.9 Å². The van der Waals surface area contributed by atoms with Gasteiger partial charge in [-0.15, -0.1) is 10.2 Å². The second-order valence-electron chi connectivity index (χ2n) is 7.67. The molecule has 35 heavy (non-hydrogen) atoms. The second kappa shape index (κ2) is 11.0. The van der Waals surface area contributed by atoms with E-state index in [9.17, 15) is 14.0 Å². The van der Waals surface area contributed by atoms with E-state index in [0.717, 1.165) is 23.2 Å². The zero-order valence-corrected chi connectivity index (χ0v) is 20.0. The molecule has 0 N–H and O–H groups in total. The zero-order chi connectivity index (χ0) is 24.8. The number of likely N-dealkylation sites (N-methyl/N-ethyl adjacent to an activating group) is 1. The summed E-state index contributed by atoms with van der Waals surface area (Å²) in [4.78, 5) is 26.1. The molecule has 0 aliphatic heterocycles. The molecule has 0 spiro atoms. The first kappa shape index (κ1) is 24.2. The topological polar surface area (TPSA) is 90.5 Å². The minimum Gasteiger partial charge on any atom is -0.464 e. The minimum absolute atomic E-state index is 0.101. The number of ether oxygens (including phenoxy) is 1. The first-order valence-corrected chi connectivity index (χ1v) is 11.7. The van der Waals surface area contributed by atoms with Crippen LogP contribution in [0.2, 0.25) is 0 Å². The number of para-hydroxylation sites is 1. The highest BCUT2D eigenvalue weighted by Gasteiger charge is 2.20. The molecule has 4 rings (SSSR count). The van der Waals surface area contributed by atoms with Crippen molar-refractivity contribution in [2.45, 2.75) is 18.6 Å². The Labute approximate surface area is 205 Å². The van der Waals surface area contributed by atoms with E-state index >= 15 is 0 Å². The number of nitrogens with zero attached hydrogens (tertiary/aromatic N) is 4. The number of furan rings is 1. The molecule has 2 aromatic heterocycles. The summed E-state index contributed by atoms with van der Waals surface area (Å²) in [5.74, 6) is 0.246. The largest absolute Gasteiger partial charge is 0.464 e. The van der Waals surface area contributed by atoms with E-state index in [1.54, 1.807) is 35.9 Å². The lowest BCUT2D eigenvalue weighted by molar-refractivity contribution is -0.149. The average molecular weight is 495 g/mol. The van der Waals surface area contributed by atoms with Crippen molar-refractivity contribution in [2.75, 3.05) is 19.4 Å². The van der Waals surface area contributed by atoms with Crippen LogP contribution in [0.4, 0.5) is 4.39 Å². The number of benzene rings is 2. The highest BCUT2D eigenvalue weighted by atomic mass is 32.2. The van der Waals surface area contributed by atoms with Crippen LogP contribution in [0.3, 0.4) is 0 Å². The number of carbonyl (C=O) groups excluding carboxylic acids is 2. The SMILES string of the molecule is Cc1ccc(CN(C)C(=O)COC(=O)CSc2nnc(-c3ccccc3F)n2-c2ccccc2)o1. The zero-order valence-electron chi connectivity index (χ0n) is 19.2. The highest BCUT2D eigenvalue weighted by molar-refractivity contribution is 7.99. The van der Waals surface area contributed by atoms with Crippen molar-refractivity contribution in [3.8, 4) is 17.1 Å². The molecule has 180 valence electrons. The summed E-state index contributed by atoms with van der Waals surface area (Å²) < 4.78 is 26.8. The number of hydrogen-bond acceptors (Lipinski definition) is 7. The Balaban J connectivity index is 1.41. The monoisotopic (exact) mass is 494 g/mol. The lowest BCUT2D eigenvalue weighted by atomic mass is 10.2. The van der Waals surface area contributed by atoms with Crippen molar-refractivity contribution in [3.63, 3.8) is 0 Å². The maximum Gasteiger partial charge on any atom is 0.316 e. The summed E-state index contributed by atoms with van der Waals surface area (Å²) in [5, 5.41) is 8.73. The van der Waals surface area contributed by atoms with E-state index in [1.807, 2.05) is 43.3 Å². The molecule has 8 nitrogen and oxygen atoms in total. The van der Waals surface area contributed by atoms with E-state index < -0.39 is 11.8 Å². The van der Waals surface area contributed by atoms with Gasteiger partial charge >= 0.3 is 5.97 Å². The van der Waals surface area contributed by atoms with Crippen molar-refractivity contribution in [1.82, 2.24) is 19.7 Å². The molecule has 2 aromatic carbocycles. The van der Waals surface area contributed by atoms with Gasteiger partial charge in [0.05, 0.1) is 17.9 Å². The Hall–Kier alpha value is -3.92. The number of halogens is 1. The van der Waals surface area contributed by atoms with Gasteiger partial charge < -0.3 is 14.1 Å². The molecule has 0 saturated heterocycles. The number of carbonyl (C=O) groups is 2. The molecule has 2 heterocycles. The van der Waals surface area contributed by atoms with Gasteiger partial charge in [0.2, 0.25) is 0 Å². The minimum atomic E-state index is -0.583. The Bertz CT molecular complexity index is 1320. The molecule has 0 fully saturated rings. The average Bonchev–Trinajstić information content (AvgIpc) is 3.47. The fourth-order valence-electron chi connectivity index (χ4n) is 3.30. The molecular formula is C25H23FN4O4S. The Morgan fingerprint density at radius 3 is 2.51 bits per heavy atom. The third-order valence-corrected chi connectivity index (χ3v) is 5.96. The van der Waals surface area contributed by atoms with E-state index in [2.05, 4.69) is 10.2 Å². The molecule has 0 aliphatic rings. The predicted octanol–water partition coefficient (Wildman–Crippen LogP) is 4.27. The lowest BCUT2D eigenvalue weighted by Crippen LogP contribution is -2.31. The first-order valence-electron chi connectivity index (χ1n) is 10.8. The number of esters is 1. The molecule has 0 atom stereocenters. The number of rotatable bonds is 9. The van der Waals surface area contributed by atoms with E-state index in [4.69, 9.17) is 9.15 Å². The van der Waals surface area contributed by atoms with Gasteiger partial charge in [-0.1, -0.05) is 42.1 Å². The Morgan fingerprint density at radius 2 is 1.80 bits per heavy atom. The van der Waals surface area contributed by atoms with Crippen LogP contribution in [0, 0.1) is 12.7 Å². The van der Waals surface area contributed by atoms with Crippen LogP contribution in [0.5, 0.6) is 0 Å². The molecule has 1 amide bonds. The van der Waals surface area contributed by atoms with Crippen molar-refractivity contribution < 1.29 is 23.1 Å². The third-order valence-electron chi connectivity index (χ3n) is 5.05. The fourth-order valence-corrected chi connectivity index (χ4v) is 4.05. The smallest absolute Gasteiger partial charge is 0.316 e. The molecule has 0 saturated carbocycles. The van der Waals surface area contributed by atoms with Gasteiger partial charge in [0.25, 0.3) is 5.91 Å². The summed E-state index contributed by atoms with van der Waals surface area (Å²) in [6.45, 7) is 1.71. The van der Waals surface area contributed by atoms with Gasteiger partial charge in [0.1, 0.15) is 17.3 Å². The first-order chi connectivity index (χ1) is 16.9. The van der Waals surface area contributed by atoms with Crippen LogP contribution in [-0.2, 0) is 20.9 Å². The summed E-state index contributed by atoms with van der Waals surface area (Å²) in [6, 6.07) is 19.1. The molecule has 0 bridgehead atoms. The molecule has 4 aromatic rings. The fraction of sp³-hybridized carbons (Fsp3) is 0.200. The van der Waals surface area contributed by atoms with Crippen LogP contribution in [0.15, 0.2) is 76.3 Å². The third kappa shape index (κ3) is 5.96. The van der Waals surface area contributed by atoms with E-state index in [1.165, 1.54) is 11.0 Å². The van der Waals surface area contributed by atoms with Gasteiger partial charge in [-0.25, -0.2) is 4.39 Å². The van der Waals surface area contributed by atoms with Gasteiger partial charge in [0.15, 0.2) is 17.6 Å². The quantitative estimate of drug-likeness (QED) is 0.254. The maximum absolute atomic E-state index is 14.5.